The second-order valence-corrected chi connectivity index (χ2v) is 6.02. The van der Waals surface area contributed by atoms with E-state index in [4.69, 9.17) is 4.74 Å². The Morgan fingerprint density at radius 3 is 2.17 bits per heavy atom. The van der Waals surface area contributed by atoms with E-state index in [9.17, 15) is 4.79 Å². The molecule has 0 saturated carbocycles. The van der Waals surface area contributed by atoms with Gasteiger partial charge in [-0.3, -0.25) is 4.79 Å². The Morgan fingerprint density at radius 1 is 0.913 bits per heavy atom. The SMILES string of the molecule is O=C(C1=CCC(c2ccccc2)C=C1)C1OC1c1ccccc1. The molecule has 1 fully saturated rings. The number of carbonyl (C=O) groups is 1. The third-order valence-electron chi connectivity index (χ3n) is 4.49. The van der Waals surface area contributed by atoms with Gasteiger partial charge in [0.2, 0.25) is 0 Å². The van der Waals surface area contributed by atoms with Crippen molar-refractivity contribution < 1.29 is 9.53 Å². The molecule has 3 unspecified atom stereocenters. The van der Waals surface area contributed by atoms with Crippen LogP contribution >= 0.6 is 0 Å². The molecule has 2 aliphatic rings. The van der Waals surface area contributed by atoms with Crippen molar-refractivity contribution in [2.75, 3.05) is 0 Å². The molecule has 0 aromatic heterocycles. The summed E-state index contributed by atoms with van der Waals surface area (Å²) in [6.07, 6.45) is 6.59. The zero-order chi connectivity index (χ0) is 15.6. The average Bonchev–Trinajstić information content (AvgIpc) is 3.44. The van der Waals surface area contributed by atoms with Crippen LogP contribution < -0.4 is 0 Å². The first-order chi connectivity index (χ1) is 11.3. The van der Waals surface area contributed by atoms with Crippen LogP contribution in [0.2, 0.25) is 0 Å². The third kappa shape index (κ3) is 2.90. The predicted molar refractivity (Wildman–Crippen MR) is 90.1 cm³/mol. The average molecular weight is 302 g/mol. The molecule has 0 amide bonds. The topological polar surface area (TPSA) is 29.6 Å². The number of carbonyl (C=O) groups excluding carboxylic acids is 1. The summed E-state index contributed by atoms with van der Waals surface area (Å²) < 4.78 is 5.61. The van der Waals surface area contributed by atoms with Crippen LogP contribution in [0.5, 0.6) is 0 Å². The van der Waals surface area contributed by atoms with Crippen molar-refractivity contribution in [3.8, 4) is 0 Å². The van der Waals surface area contributed by atoms with E-state index in [1.807, 2.05) is 48.6 Å². The number of Topliss-reactive ketones (excluding diaryl/α,β-unsaturated/α-hetero) is 1. The molecule has 23 heavy (non-hydrogen) atoms. The highest BCUT2D eigenvalue weighted by atomic mass is 16.6. The summed E-state index contributed by atoms with van der Waals surface area (Å²) in [5.41, 5.74) is 3.14. The zero-order valence-corrected chi connectivity index (χ0v) is 12.8. The molecular formula is C21H18O2. The van der Waals surface area contributed by atoms with Crippen molar-refractivity contribution >= 4 is 5.78 Å². The van der Waals surface area contributed by atoms with E-state index in [1.165, 1.54) is 5.56 Å². The van der Waals surface area contributed by atoms with Crippen LogP contribution in [0.4, 0.5) is 0 Å². The summed E-state index contributed by atoms with van der Waals surface area (Å²) in [6, 6.07) is 20.3. The van der Waals surface area contributed by atoms with Crippen LogP contribution in [-0.2, 0) is 9.53 Å². The summed E-state index contributed by atoms with van der Waals surface area (Å²) in [6.45, 7) is 0. The molecule has 114 valence electrons. The minimum Gasteiger partial charge on any atom is -0.356 e. The van der Waals surface area contributed by atoms with Crippen LogP contribution in [0.15, 0.2) is 84.5 Å². The number of allylic oxidation sites excluding steroid dienone is 3. The van der Waals surface area contributed by atoms with Gasteiger partial charge < -0.3 is 4.74 Å². The van der Waals surface area contributed by atoms with Gasteiger partial charge in [-0.25, -0.2) is 0 Å². The largest absolute Gasteiger partial charge is 0.356 e. The van der Waals surface area contributed by atoms with Crippen LogP contribution in [0.25, 0.3) is 0 Å². The van der Waals surface area contributed by atoms with Gasteiger partial charge in [0, 0.05) is 11.5 Å². The Morgan fingerprint density at radius 2 is 1.57 bits per heavy atom. The van der Waals surface area contributed by atoms with Gasteiger partial charge in [0.25, 0.3) is 0 Å². The summed E-state index contributed by atoms with van der Waals surface area (Å²) in [5, 5.41) is 0. The van der Waals surface area contributed by atoms with E-state index in [-0.39, 0.29) is 18.0 Å². The van der Waals surface area contributed by atoms with Crippen molar-refractivity contribution in [3.05, 3.63) is 95.6 Å². The maximum atomic E-state index is 12.5. The van der Waals surface area contributed by atoms with E-state index in [0.717, 1.165) is 17.6 Å². The van der Waals surface area contributed by atoms with Gasteiger partial charge in [0.05, 0.1) is 0 Å². The summed E-state index contributed by atoms with van der Waals surface area (Å²) in [4.78, 5) is 12.5. The van der Waals surface area contributed by atoms with Gasteiger partial charge in [-0.1, -0.05) is 78.9 Å². The monoisotopic (exact) mass is 302 g/mol. The molecule has 2 nitrogen and oxygen atoms in total. The Hall–Kier alpha value is -2.45. The number of rotatable bonds is 4. The number of ketones is 1. The highest BCUT2D eigenvalue weighted by Gasteiger charge is 2.46. The summed E-state index contributed by atoms with van der Waals surface area (Å²) in [5.74, 6) is 0.458. The first-order valence-electron chi connectivity index (χ1n) is 8.01. The first kappa shape index (κ1) is 14.2. The normalized spacial score (nSPS) is 25.7. The van der Waals surface area contributed by atoms with Gasteiger partial charge in [0.15, 0.2) is 11.9 Å². The van der Waals surface area contributed by atoms with Crippen molar-refractivity contribution in [2.24, 2.45) is 0 Å². The van der Waals surface area contributed by atoms with Crippen molar-refractivity contribution in [2.45, 2.75) is 24.5 Å². The Bertz CT molecular complexity index is 759. The van der Waals surface area contributed by atoms with Crippen molar-refractivity contribution in [1.29, 1.82) is 0 Å². The molecule has 2 aromatic rings. The number of epoxide rings is 1. The van der Waals surface area contributed by atoms with Gasteiger partial charge >= 0.3 is 0 Å². The molecule has 3 atom stereocenters. The van der Waals surface area contributed by atoms with E-state index < -0.39 is 0 Å². The van der Waals surface area contributed by atoms with E-state index in [0.29, 0.717) is 5.92 Å². The highest BCUT2D eigenvalue weighted by molar-refractivity contribution is 6.03. The molecule has 4 rings (SSSR count). The molecule has 0 radical (unpaired) electrons. The standard InChI is InChI=1S/C21H18O2/c22-19(21-20(23-21)18-9-5-2-6-10-18)17-13-11-16(12-14-17)15-7-3-1-4-8-15/h1-11,13-14,16,20-21H,12H2. The fraction of sp³-hybridized carbons (Fsp3) is 0.190. The first-order valence-corrected chi connectivity index (χ1v) is 8.01. The lowest BCUT2D eigenvalue weighted by atomic mass is 9.88. The second kappa shape index (κ2) is 5.98. The molecule has 2 aromatic carbocycles. The van der Waals surface area contributed by atoms with Crippen LogP contribution in [-0.4, -0.2) is 11.9 Å². The molecule has 1 aliphatic carbocycles. The second-order valence-electron chi connectivity index (χ2n) is 6.02. The number of benzene rings is 2. The van der Waals surface area contributed by atoms with Gasteiger partial charge in [0.1, 0.15) is 6.10 Å². The van der Waals surface area contributed by atoms with Crippen molar-refractivity contribution in [1.82, 2.24) is 0 Å². The van der Waals surface area contributed by atoms with Gasteiger partial charge in [-0.15, -0.1) is 0 Å². The fourth-order valence-electron chi connectivity index (χ4n) is 3.12. The number of hydrogen-bond acceptors (Lipinski definition) is 2. The third-order valence-corrected chi connectivity index (χ3v) is 4.49. The smallest absolute Gasteiger partial charge is 0.194 e. The maximum Gasteiger partial charge on any atom is 0.194 e. The minimum absolute atomic E-state index is 0.0788. The number of ether oxygens (including phenoxy) is 1. The molecule has 0 N–H and O–H groups in total. The summed E-state index contributed by atoms with van der Waals surface area (Å²) in [7, 11) is 0. The molecule has 1 saturated heterocycles. The summed E-state index contributed by atoms with van der Waals surface area (Å²) >= 11 is 0. The molecule has 1 aliphatic heterocycles. The maximum absolute atomic E-state index is 12.5. The van der Waals surface area contributed by atoms with E-state index in [2.05, 4.69) is 30.3 Å². The Balaban J connectivity index is 1.42. The quantitative estimate of drug-likeness (QED) is 0.785. The molecule has 1 heterocycles. The van der Waals surface area contributed by atoms with Crippen molar-refractivity contribution in [3.63, 3.8) is 0 Å². The minimum atomic E-state index is -0.318. The molecule has 2 heteroatoms. The highest BCUT2D eigenvalue weighted by Crippen LogP contribution is 2.41. The van der Waals surface area contributed by atoms with Gasteiger partial charge in [-0.05, 0) is 17.5 Å². The lowest BCUT2D eigenvalue weighted by Crippen LogP contribution is -2.12. The lowest BCUT2D eigenvalue weighted by molar-refractivity contribution is -0.116. The predicted octanol–water partition coefficient (Wildman–Crippen LogP) is 4.37. The van der Waals surface area contributed by atoms with Crippen LogP contribution in [0, 0.1) is 0 Å². The molecule has 0 spiro atoms. The fourth-order valence-corrected chi connectivity index (χ4v) is 3.12. The number of hydrogen-bond donors (Lipinski definition) is 0. The van der Waals surface area contributed by atoms with Gasteiger partial charge in [-0.2, -0.15) is 0 Å². The van der Waals surface area contributed by atoms with E-state index in [1.54, 1.807) is 0 Å². The lowest BCUT2D eigenvalue weighted by Gasteiger charge is -2.15. The molecule has 0 bridgehead atoms. The van der Waals surface area contributed by atoms with Crippen LogP contribution in [0.1, 0.15) is 29.6 Å². The van der Waals surface area contributed by atoms with E-state index >= 15 is 0 Å². The zero-order valence-electron chi connectivity index (χ0n) is 12.8. The molecular weight excluding hydrogens is 284 g/mol. The Labute approximate surface area is 136 Å². The Kier molecular flexibility index (Phi) is 3.68. The van der Waals surface area contributed by atoms with Crippen LogP contribution in [0.3, 0.4) is 0 Å².